The number of sulfone groups is 1. The number of amides is 1. The lowest BCUT2D eigenvalue weighted by atomic mass is 10.1. The van der Waals surface area contributed by atoms with Gasteiger partial charge in [0.25, 0.3) is 11.6 Å². The average Bonchev–Trinajstić information content (AvgIpc) is 2.91. The van der Waals surface area contributed by atoms with Gasteiger partial charge in [-0.15, -0.1) is 0 Å². The Bertz CT molecular complexity index is 819. The van der Waals surface area contributed by atoms with Crippen LogP contribution in [-0.2, 0) is 19.4 Å². The third-order valence-corrected chi connectivity index (χ3v) is 5.87. The molecular formula is C15H18N2O7S. The molecule has 0 unspecified atom stereocenters. The SMILES string of the molecule is Cc1ccc(C(=O)OCC(=O)N(C)[C@@H]2CCS(=O)(=O)C2)cc1[N+](=O)[O-]. The smallest absolute Gasteiger partial charge is 0.338 e. The highest BCUT2D eigenvalue weighted by Crippen LogP contribution is 2.20. The van der Waals surface area contributed by atoms with Crippen molar-refractivity contribution in [3.05, 3.63) is 39.4 Å². The molecule has 1 atom stereocenters. The summed E-state index contributed by atoms with van der Waals surface area (Å²) < 4.78 is 27.8. The van der Waals surface area contributed by atoms with E-state index in [0.717, 1.165) is 6.07 Å². The Balaban J connectivity index is 1.97. The Morgan fingerprint density at radius 3 is 2.64 bits per heavy atom. The van der Waals surface area contributed by atoms with Gasteiger partial charge in [-0.1, -0.05) is 6.07 Å². The van der Waals surface area contributed by atoms with Gasteiger partial charge in [-0.3, -0.25) is 14.9 Å². The predicted molar refractivity (Wildman–Crippen MR) is 87.9 cm³/mol. The van der Waals surface area contributed by atoms with Gasteiger partial charge in [0.05, 0.1) is 22.0 Å². The molecule has 2 rings (SSSR count). The van der Waals surface area contributed by atoms with E-state index in [2.05, 4.69) is 0 Å². The minimum Gasteiger partial charge on any atom is -0.452 e. The van der Waals surface area contributed by atoms with Crippen LogP contribution in [0, 0.1) is 17.0 Å². The fourth-order valence-electron chi connectivity index (χ4n) is 2.53. The second-order valence-electron chi connectivity index (χ2n) is 5.90. The van der Waals surface area contributed by atoms with Gasteiger partial charge in [0.15, 0.2) is 16.4 Å². The molecule has 0 aliphatic carbocycles. The number of benzene rings is 1. The van der Waals surface area contributed by atoms with Crippen LogP contribution in [0.2, 0.25) is 0 Å². The van der Waals surface area contributed by atoms with E-state index in [1.165, 1.54) is 24.1 Å². The number of nitro benzene ring substituents is 1. The maximum Gasteiger partial charge on any atom is 0.338 e. The summed E-state index contributed by atoms with van der Waals surface area (Å²) in [5.74, 6) is -1.46. The monoisotopic (exact) mass is 370 g/mol. The molecule has 1 saturated heterocycles. The van der Waals surface area contributed by atoms with Gasteiger partial charge < -0.3 is 9.64 Å². The van der Waals surface area contributed by atoms with E-state index in [1.54, 1.807) is 6.92 Å². The molecule has 0 bridgehead atoms. The summed E-state index contributed by atoms with van der Waals surface area (Å²) in [4.78, 5) is 35.6. The standard InChI is InChI=1S/C15H18N2O7S/c1-10-3-4-11(7-13(10)17(20)21)15(19)24-8-14(18)16(2)12-5-6-25(22,23)9-12/h3-4,7,12H,5-6,8-9H2,1-2H3/t12-/m1/s1. The topological polar surface area (TPSA) is 124 Å². The second kappa shape index (κ2) is 7.18. The molecule has 0 aromatic heterocycles. The van der Waals surface area contributed by atoms with Crippen molar-refractivity contribution in [1.29, 1.82) is 0 Å². The minimum absolute atomic E-state index is 0.0299. The van der Waals surface area contributed by atoms with Crippen molar-refractivity contribution in [1.82, 2.24) is 4.90 Å². The van der Waals surface area contributed by atoms with Crippen LogP contribution in [0.1, 0.15) is 22.3 Å². The number of carbonyl (C=O) groups is 2. The van der Waals surface area contributed by atoms with Gasteiger partial charge in [0, 0.05) is 24.7 Å². The summed E-state index contributed by atoms with van der Waals surface area (Å²) in [6.45, 7) is 0.981. The molecule has 25 heavy (non-hydrogen) atoms. The number of esters is 1. The number of likely N-dealkylation sites (N-methyl/N-ethyl adjacent to an activating group) is 1. The van der Waals surface area contributed by atoms with Crippen LogP contribution in [0.15, 0.2) is 18.2 Å². The van der Waals surface area contributed by atoms with Crippen molar-refractivity contribution in [2.24, 2.45) is 0 Å². The zero-order chi connectivity index (χ0) is 18.8. The van der Waals surface area contributed by atoms with E-state index >= 15 is 0 Å². The summed E-state index contributed by atoms with van der Waals surface area (Å²) in [6.07, 6.45) is 0.350. The fourth-order valence-corrected chi connectivity index (χ4v) is 4.30. The number of nitro groups is 1. The Kier molecular flexibility index (Phi) is 5.41. The number of hydrogen-bond acceptors (Lipinski definition) is 7. The van der Waals surface area contributed by atoms with Crippen molar-refractivity contribution in [2.75, 3.05) is 25.2 Å². The first kappa shape index (κ1) is 18.8. The molecule has 0 radical (unpaired) electrons. The number of nitrogens with zero attached hydrogens (tertiary/aromatic N) is 2. The zero-order valence-corrected chi connectivity index (χ0v) is 14.6. The molecule has 1 fully saturated rings. The van der Waals surface area contributed by atoms with Crippen molar-refractivity contribution < 1.29 is 27.7 Å². The fraction of sp³-hybridized carbons (Fsp3) is 0.467. The normalized spacial score (nSPS) is 18.6. The molecular weight excluding hydrogens is 352 g/mol. The molecule has 0 saturated carbocycles. The molecule has 1 amide bonds. The molecule has 10 heteroatoms. The van der Waals surface area contributed by atoms with E-state index in [4.69, 9.17) is 4.74 Å². The molecule has 1 aliphatic rings. The lowest BCUT2D eigenvalue weighted by Gasteiger charge is -2.23. The first-order valence-corrected chi connectivity index (χ1v) is 9.31. The lowest BCUT2D eigenvalue weighted by Crippen LogP contribution is -2.40. The first-order chi connectivity index (χ1) is 11.6. The van der Waals surface area contributed by atoms with Crippen LogP contribution in [0.25, 0.3) is 0 Å². The van der Waals surface area contributed by atoms with Gasteiger partial charge in [-0.2, -0.15) is 0 Å². The van der Waals surface area contributed by atoms with Gasteiger partial charge >= 0.3 is 5.97 Å². The van der Waals surface area contributed by atoms with Crippen LogP contribution in [0.3, 0.4) is 0 Å². The van der Waals surface area contributed by atoms with E-state index in [9.17, 15) is 28.1 Å². The Morgan fingerprint density at radius 2 is 2.08 bits per heavy atom. The Hall–Kier alpha value is -2.49. The number of carbonyl (C=O) groups excluding carboxylic acids is 2. The predicted octanol–water partition coefficient (Wildman–Crippen LogP) is 0.706. The molecule has 136 valence electrons. The summed E-state index contributed by atoms with van der Waals surface area (Å²) >= 11 is 0. The van der Waals surface area contributed by atoms with Crippen molar-refractivity contribution in [3.8, 4) is 0 Å². The highest BCUT2D eigenvalue weighted by atomic mass is 32.2. The van der Waals surface area contributed by atoms with Crippen LogP contribution < -0.4 is 0 Å². The molecule has 9 nitrogen and oxygen atoms in total. The van der Waals surface area contributed by atoms with E-state index in [-0.39, 0.29) is 22.8 Å². The van der Waals surface area contributed by atoms with E-state index in [0.29, 0.717) is 12.0 Å². The van der Waals surface area contributed by atoms with Crippen molar-refractivity contribution >= 4 is 27.4 Å². The lowest BCUT2D eigenvalue weighted by molar-refractivity contribution is -0.385. The molecule has 0 spiro atoms. The average molecular weight is 370 g/mol. The molecule has 1 aromatic carbocycles. The highest BCUT2D eigenvalue weighted by Gasteiger charge is 2.33. The van der Waals surface area contributed by atoms with Crippen molar-refractivity contribution in [3.63, 3.8) is 0 Å². The molecule has 0 N–H and O–H groups in total. The number of hydrogen-bond donors (Lipinski definition) is 0. The van der Waals surface area contributed by atoms with Crippen LogP contribution in [0.4, 0.5) is 5.69 Å². The van der Waals surface area contributed by atoms with E-state index in [1.807, 2.05) is 0 Å². The summed E-state index contributed by atoms with van der Waals surface area (Å²) in [5, 5.41) is 10.9. The summed E-state index contributed by atoms with van der Waals surface area (Å²) in [5.41, 5.74) is 0.157. The van der Waals surface area contributed by atoms with Gasteiger partial charge in [-0.05, 0) is 19.4 Å². The largest absolute Gasteiger partial charge is 0.452 e. The van der Waals surface area contributed by atoms with Gasteiger partial charge in [-0.25, -0.2) is 13.2 Å². The zero-order valence-electron chi connectivity index (χ0n) is 13.8. The third-order valence-electron chi connectivity index (χ3n) is 4.12. The summed E-state index contributed by atoms with van der Waals surface area (Å²) in [6, 6.07) is 3.46. The van der Waals surface area contributed by atoms with Crippen LogP contribution in [-0.4, -0.2) is 61.3 Å². The summed E-state index contributed by atoms with van der Waals surface area (Å²) in [7, 11) is -1.67. The number of aryl methyl sites for hydroxylation is 1. The van der Waals surface area contributed by atoms with Crippen molar-refractivity contribution in [2.45, 2.75) is 19.4 Å². The first-order valence-electron chi connectivity index (χ1n) is 7.49. The quantitative estimate of drug-likeness (QED) is 0.424. The Morgan fingerprint density at radius 1 is 1.40 bits per heavy atom. The van der Waals surface area contributed by atoms with Crippen LogP contribution in [0.5, 0.6) is 0 Å². The maximum atomic E-state index is 12.1. The third kappa shape index (κ3) is 4.53. The maximum absolute atomic E-state index is 12.1. The van der Waals surface area contributed by atoms with E-state index < -0.39 is 39.3 Å². The second-order valence-corrected chi connectivity index (χ2v) is 8.12. The molecule has 1 aromatic rings. The van der Waals surface area contributed by atoms with Gasteiger partial charge in [0.1, 0.15) is 0 Å². The van der Waals surface area contributed by atoms with Crippen LogP contribution >= 0.6 is 0 Å². The minimum atomic E-state index is -3.13. The number of rotatable bonds is 5. The molecule has 1 aliphatic heterocycles. The van der Waals surface area contributed by atoms with Gasteiger partial charge in [0.2, 0.25) is 0 Å². The Labute approximate surface area is 144 Å². The molecule has 1 heterocycles. The highest BCUT2D eigenvalue weighted by molar-refractivity contribution is 7.91. The number of ether oxygens (including phenoxy) is 1.